The lowest BCUT2D eigenvalue weighted by Gasteiger charge is -1.95. The third kappa shape index (κ3) is 3.41. The van der Waals surface area contributed by atoms with Crippen molar-refractivity contribution in [3.63, 3.8) is 0 Å². The number of hydrogen-bond acceptors (Lipinski definition) is 0. The molecule has 1 radical (unpaired) electrons. The van der Waals surface area contributed by atoms with E-state index in [1.54, 1.807) is 0 Å². The Kier molecular flexibility index (Phi) is 3.91. The molecule has 0 nitrogen and oxygen atoms in total. The van der Waals surface area contributed by atoms with Gasteiger partial charge in [0.15, 0.2) is 0 Å². The summed E-state index contributed by atoms with van der Waals surface area (Å²) in [5.41, 5.74) is 0. The van der Waals surface area contributed by atoms with E-state index in [2.05, 4.69) is 12.6 Å². The third-order valence-electron chi connectivity index (χ3n) is 0.198. The van der Waals surface area contributed by atoms with E-state index in [4.69, 9.17) is 34.8 Å². The quantitative estimate of drug-likeness (QED) is 0.523. The first kappa shape index (κ1) is 7.22. The minimum Gasteiger partial charge on any atom is -0.107 e. The van der Waals surface area contributed by atoms with Crippen LogP contribution in [0.2, 0.25) is 0 Å². The summed E-state index contributed by atoms with van der Waals surface area (Å²) in [6, 6.07) is 0. The second kappa shape index (κ2) is 3.25. The second-order valence-corrected chi connectivity index (χ2v) is 3.09. The van der Waals surface area contributed by atoms with Gasteiger partial charge in [0.1, 0.15) is 9.55 Å². The topological polar surface area (TPSA) is 0 Å². The molecule has 0 aliphatic heterocycles. The van der Waals surface area contributed by atoms with E-state index in [1.807, 2.05) is 0 Å². The molecule has 37 valence electrons. The maximum absolute atomic E-state index is 5.16. The van der Waals surface area contributed by atoms with E-state index >= 15 is 0 Å². The van der Waals surface area contributed by atoms with Crippen molar-refractivity contribution in [2.45, 2.75) is 9.55 Å². The van der Waals surface area contributed by atoms with Crippen LogP contribution in [0.15, 0.2) is 0 Å². The molecule has 0 spiro atoms. The summed E-state index contributed by atoms with van der Waals surface area (Å²) < 4.78 is -0.562. The second-order valence-electron chi connectivity index (χ2n) is 0.686. The Balaban J connectivity index is 2.99. The highest BCUT2D eigenvalue weighted by Crippen LogP contribution is 2.16. The zero-order chi connectivity index (χ0) is 5.15. The molecule has 0 fully saturated rings. The molecule has 6 heavy (non-hydrogen) atoms. The Morgan fingerprint density at radius 1 is 1.17 bits per heavy atom. The number of halogens is 3. The summed E-state index contributed by atoms with van der Waals surface area (Å²) in [5.74, 6) is 0. The third-order valence-corrected chi connectivity index (χ3v) is 1.78. The average Bonchev–Trinajstić information content (AvgIpc) is 1.36. The molecule has 0 aromatic carbocycles. The highest BCUT2D eigenvalue weighted by atomic mass is 35.5. The normalized spacial score (nSPS) is 15.5. The maximum atomic E-state index is 5.16. The predicted molar refractivity (Wildman–Crippen MR) is 32.7 cm³/mol. The molecule has 0 amide bonds. The summed E-state index contributed by atoms with van der Waals surface area (Å²) in [6.07, 6.45) is 0. The van der Waals surface area contributed by atoms with E-state index in [9.17, 15) is 0 Å². The van der Waals surface area contributed by atoms with Gasteiger partial charge in [0.25, 0.3) is 0 Å². The summed E-state index contributed by atoms with van der Waals surface area (Å²) in [5, 5.41) is 0. The minimum atomic E-state index is -0.623. The monoisotopic (exact) mass is 163 g/mol. The van der Waals surface area contributed by atoms with Crippen LogP contribution >= 0.6 is 47.4 Å². The summed E-state index contributed by atoms with van der Waals surface area (Å²) in [7, 11) is 0. The van der Waals surface area contributed by atoms with Crippen molar-refractivity contribution in [1.29, 1.82) is 0 Å². The van der Waals surface area contributed by atoms with Gasteiger partial charge in [-0.25, -0.2) is 0 Å². The first-order valence-corrected chi connectivity index (χ1v) is 3.00. The number of hydrogen-bond donors (Lipinski definition) is 0. The lowest BCUT2D eigenvalue weighted by molar-refractivity contribution is 1.32. The fourth-order valence-corrected chi connectivity index (χ4v) is 0. The first-order chi connectivity index (χ1) is 2.64. The van der Waals surface area contributed by atoms with Crippen molar-refractivity contribution < 1.29 is 0 Å². The van der Waals surface area contributed by atoms with Crippen molar-refractivity contribution in [2.24, 2.45) is 0 Å². The van der Waals surface area contributed by atoms with Crippen LogP contribution in [0.3, 0.4) is 0 Å². The standard InChI is InChI=1S/C2H2Cl3S/c3-1(4)2(5)6/h1-2H. The molecule has 0 rings (SSSR count). The van der Waals surface area contributed by atoms with Crippen LogP contribution in [0.4, 0.5) is 0 Å². The summed E-state index contributed by atoms with van der Waals surface area (Å²) in [6.45, 7) is 0. The van der Waals surface area contributed by atoms with Gasteiger partial charge in [-0.3, -0.25) is 0 Å². The van der Waals surface area contributed by atoms with Crippen molar-refractivity contribution in [1.82, 2.24) is 0 Å². The molecule has 0 aliphatic carbocycles. The van der Waals surface area contributed by atoms with Crippen LogP contribution in [0, 0.1) is 0 Å². The van der Waals surface area contributed by atoms with Crippen LogP contribution in [0.1, 0.15) is 0 Å². The number of alkyl halides is 3. The Labute approximate surface area is 57.2 Å². The van der Waals surface area contributed by atoms with E-state index in [0.717, 1.165) is 0 Å². The molecule has 0 saturated carbocycles. The van der Waals surface area contributed by atoms with Gasteiger partial charge in [-0.05, 0) is 0 Å². The summed E-state index contributed by atoms with van der Waals surface area (Å²) in [4.78, 5) is -0.623. The lowest BCUT2D eigenvalue weighted by atomic mass is 10.9. The van der Waals surface area contributed by atoms with Gasteiger partial charge in [-0.15, -0.1) is 34.8 Å². The predicted octanol–water partition coefficient (Wildman–Crippen LogP) is 2.55. The fourth-order valence-electron chi connectivity index (χ4n) is 0. The van der Waals surface area contributed by atoms with Gasteiger partial charge in [-0.2, -0.15) is 0 Å². The van der Waals surface area contributed by atoms with Gasteiger partial charge < -0.3 is 0 Å². The van der Waals surface area contributed by atoms with Gasteiger partial charge >= 0.3 is 0 Å². The van der Waals surface area contributed by atoms with E-state index < -0.39 is 9.55 Å². The van der Waals surface area contributed by atoms with Crippen LogP contribution in [-0.2, 0) is 0 Å². The maximum Gasteiger partial charge on any atom is 0.134 e. The first-order valence-electron chi connectivity index (χ1n) is 1.22. The van der Waals surface area contributed by atoms with E-state index in [0.29, 0.717) is 0 Å². The van der Waals surface area contributed by atoms with E-state index in [1.165, 1.54) is 0 Å². The van der Waals surface area contributed by atoms with Gasteiger partial charge in [-0.1, -0.05) is 12.6 Å². The van der Waals surface area contributed by atoms with Crippen molar-refractivity contribution in [2.75, 3.05) is 0 Å². The van der Waals surface area contributed by atoms with Crippen molar-refractivity contribution in [3.05, 3.63) is 0 Å². The van der Waals surface area contributed by atoms with Crippen molar-refractivity contribution in [3.8, 4) is 0 Å². The zero-order valence-electron chi connectivity index (χ0n) is 2.70. The van der Waals surface area contributed by atoms with Gasteiger partial charge in [0.05, 0.1) is 0 Å². The Hall–Kier alpha value is 1.22. The van der Waals surface area contributed by atoms with E-state index in [-0.39, 0.29) is 0 Å². The molecule has 0 saturated heterocycles. The molecule has 1 atom stereocenters. The fraction of sp³-hybridized carbons (Fsp3) is 1.00. The van der Waals surface area contributed by atoms with Crippen molar-refractivity contribution >= 4 is 47.4 Å². The Morgan fingerprint density at radius 2 is 1.33 bits per heavy atom. The molecule has 0 aromatic heterocycles. The Morgan fingerprint density at radius 3 is 1.33 bits per heavy atom. The van der Waals surface area contributed by atoms with Crippen LogP contribution in [0.5, 0.6) is 0 Å². The molecule has 0 bridgehead atoms. The van der Waals surface area contributed by atoms with Gasteiger partial charge in [0.2, 0.25) is 0 Å². The molecule has 1 unspecified atom stereocenters. The lowest BCUT2D eigenvalue weighted by Crippen LogP contribution is -1.96. The zero-order valence-corrected chi connectivity index (χ0v) is 5.78. The van der Waals surface area contributed by atoms with Crippen LogP contribution in [-0.4, -0.2) is 9.55 Å². The van der Waals surface area contributed by atoms with Crippen LogP contribution < -0.4 is 0 Å². The van der Waals surface area contributed by atoms with Gasteiger partial charge in [0, 0.05) is 0 Å². The average molecular weight is 164 g/mol. The minimum absolute atomic E-state index is 0.562. The molecule has 0 heterocycles. The number of rotatable bonds is 1. The molecule has 0 aromatic rings. The molecular weight excluding hydrogens is 162 g/mol. The molecule has 0 N–H and O–H groups in total. The highest BCUT2D eigenvalue weighted by Gasteiger charge is 2.06. The highest BCUT2D eigenvalue weighted by molar-refractivity contribution is 7.82. The molecule has 0 aliphatic rings. The Bertz CT molecular complexity index is 29.8. The smallest absolute Gasteiger partial charge is 0.107 e. The SMILES string of the molecule is [S]C(Cl)C(Cl)Cl. The molecule has 4 heteroatoms. The summed E-state index contributed by atoms with van der Waals surface area (Å²) >= 11 is 19.9. The van der Waals surface area contributed by atoms with Crippen LogP contribution in [0.25, 0.3) is 0 Å². The molecular formula is C2H2Cl3S. The largest absolute Gasteiger partial charge is 0.134 e.